The van der Waals surface area contributed by atoms with Gasteiger partial charge in [-0.1, -0.05) is 6.07 Å². The monoisotopic (exact) mass is 339 g/mol. The number of rotatable bonds is 3. The fourth-order valence-corrected chi connectivity index (χ4v) is 3.34. The van der Waals surface area contributed by atoms with Crippen molar-refractivity contribution in [3.8, 4) is 0 Å². The standard InChI is InChI=1S/C15H17N3O2S.ClH/c1-20-14(19)11-3-2-10-4-5-18(8-12(10)6-11)9-13-7-17-15(16)21-13;/h2-3,6-7H,4-5,8-9H2,1H3,(H2,16,17);1H. The van der Waals surface area contributed by atoms with Crippen molar-refractivity contribution in [2.24, 2.45) is 0 Å². The normalized spacial score (nSPS) is 14.0. The van der Waals surface area contributed by atoms with E-state index in [9.17, 15) is 4.79 Å². The predicted molar refractivity (Wildman–Crippen MR) is 89.4 cm³/mol. The number of nitrogen functional groups attached to an aromatic ring is 1. The summed E-state index contributed by atoms with van der Waals surface area (Å²) in [6.07, 6.45) is 2.82. The van der Waals surface area contributed by atoms with E-state index in [0.29, 0.717) is 10.7 Å². The van der Waals surface area contributed by atoms with Gasteiger partial charge in [0.2, 0.25) is 0 Å². The summed E-state index contributed by atoms with van der Waals surface area (Å²) in [6.45, 7) is 2.68. The van der Waals surface area contributed by atoms with Crippen LogP contribution in [0.1, 0.15) is 26.4 Å². The van der Waals surface area contributed by atoms with E-state index in [1.165, 1.54) is 34.5 Å². The molecule has 0 saturated heterocycles. The first kappa shape index (κ1) is 16.7. The first-order valence-corrected chi connectivity index (χ1v) is 7.60. The summed E-state index contributed by atoms with van der Waals surface area (Å²) in [6, 6.07) is 5.81. The molecule has 0 radical (unpaired) electrons. The Morgan fingerprint density at radius 2 is 2.27 bits per heavy atom. The zero-order chi connectivity index (χ0) is 14.8. The summed E-state index contributed by atoms with van der Waals surface area (Å²) >= 11 is 1.53. The molecule has 7 heteroatoms. The van der Waals surface area contributed by atoms with E-state index in [1.54, 1.807) is 0 Å². The number of thiazole rings is 1. The molecule has 2 aromatic rings. The molecule has 118 valence electrons. The second-order valence-corrected chi connectivity index (χ2v) is 6.25. The second-order valence-electron chi connectivity index (χ2n) is 5.10. The highest BCUT2D eigenvalue weighted by molar-refractivity contribution is 7.15. The summed E-state index contributed by atoms with van der Waals surface area (Å²) in [7, 11) is 1.41. The van der Waals surface area contributed by atoms with Crippen LogP contribution in [0.2, 0.25) is 0 Å². The molecule has 1 aliphatic heterocycles. The van der Waals surface area contributed by atoms with Gasteiger partial charge in [-0.3, -0.25) is 4.90 Å². The highest BCUT2D eigenvalue weighted by Gasteiger charge is 2.19. The molecule has 5 nitrogen and oxygen atoms in total. The number of fused-ring (bicyclic) bond motifs is 1. The molecule has 0 atom stereocenters. The molecular formula is C15H18ClN3O2S. The highest BCUT2D eigenvalue weighted by atomic mass is 35.5. The predicted octanol–water partition coefficient (Wildman–Crippen LogP) is 2.49. The minimum Gasteiger partial charge on any atom is -0.465 e. The zero-order valence-corrected chi connectivity index (χ0v) is 13.9. The Morgan fingerprint density at radius 1 is 1.45 bits per heavy atom. The minimum atomic E-state index is -0.287. The van der Waals surface area contributed by atoms with Crippen molar-refractivity contribution in [2.45, 2.75) is 19.5 Å². The Morgan fingerprint density at radius 3 is 2.95 bits per heavy atom. The smallest absolute Gasteiger partial charge is 0.337 e. The Bertz CT molecular complexity index is 675. The van der Waals surface area contributed by atoms with Crippen LogP contribution in [-0.2, 0) is 24.2 Å². The molecular weight excluding hydrogens is 322 g/mol. The van der Waals surface area contributed by atoms with Gasteiger partial charge in [0.05, 0.1) is 12.7 Å². The summed E-state index contributed by atoms with van der Waals surface area (Å²) in [4.78, 5) is 19.2. The number of esters is 1. The SMILES string of the molecule is COC(=O)c1ccc2c(c1)CN(Cc1cnc(N)s1)CC2.Cl. The van der Waals surface area contributed by atoms with Crippen LogP contribution < -0.4 is 5.73 Å². The Balaban J connectivity index is 0.00000176. The van der Waals surface area contributed by atoms with Crippen molar-refractivity contribution in [1.29, 1.82) is 0 Å². The lowest BCUT2D eigenvalue weighted by Crippen LogP contribution is -2.30. The van der Waals surface area contributed by atoms with Gasteiger partial charge in [0.15, 0.2) is 5.13 Å². The van der Waals surface area contributed by atoms with E-state index in [0.717, 1.165) is 26.1 Å². The van der Waals surface area contributed by atoms with Gasteiger partial charge in [0, 0.05) is 30.7 Å². The Kier molecular flexibility index (Phi) is 5.39. The van der Waals surface area contributed by atoms with Crippen LogP contribution in [0.5, 0.6) is 0 Å². The first-order chi connectivity index (χ1) is 10.2. The molecule has 2 heterocycles. The molecule has 0 amide bonds. The van der Waals surface area contributed by atoms with E-state index in [4.69, 9.17) is 10.5 Å². The number of hydrogen-bond acceptors (Lipinski definition) is 6. The van der Waals surface area contributed by atoms with Crippen LogP contribution in [0, 0.1) is 0 Å². The quantitative estimate of drug-likeness (QED) is 0.870. The Labute approximate surface area is 139 Å². The number of carbonyl (C=O) groups excluding carboxylic acids is 1. The number of ether oxygens (including phenoxy) is 1. The van der Waals surface area contributed by atoms with Gasteiger partial charge in [-0.2, -0.15) is 0 Å². The lowest BCUT2D eigenvalue weighted by atomic mass is 9.97. The molecule has 0 fully saturated rings. The van der Waals surface area contributed by atoms with Crippen molar-refractivity contribution in [1.82, 2.24) is 9.88 Å². The number of nitrogens with zero attached hydrogens (tertiary/aromatic N) is 2. The molecule has 1 aromatic heterocycles. The van der Waals surface area contributed by atoms with Crippen LogP contribution in [0.25, 0.3) is 0 Å². The maximum Gasteiger partial charge on any atom is 0.337 e. The van der Waals surface area contributed by atoms with Gasteiger partial charge in [-0.05, 0) is 29.7 Å². The number of halogens is 1. The molecule has 22 heavy (non-hydrogen) atoms. The maximum absolute atomic E-state index is 11.6. The summed E-state index contributed by atoms with van der Waals surface area (Å²) in [5.74, 6) is -0.287. The van der Waals surface area contributed by atoms with Gasteiger partial charge < -0.3 is 10.5 Å². The zero-order valence-electron chi connectivity index (χ0n) is 12.2. The van der Waals surface area contributed by atoms with E-state index in [2.05, 4.69) is 9.88 Å². The lowest BCUT2D eigenvalue weighted by molar-refractivity contribution is 0.0600. The number of methoxy groups -OCH3 is 1. The fourth-order valence-electron chi connectivity index (χ4n) is 2.61. The lowest BCUT2D eigenvalue weighted by Gasteiger charge is -2.28. The summed E-state index contributed by atoms with van der Waals surface area (Å²) in [5, 5.41) is 0.607. The number of aromatic nitrogens is 1. The summed E-state index contributed by atoms with van der Waals surface area (Å²) in [5.41, 5.74) is 8.78. The average molecular weight is 340 g/mol. The Hall–Kier alpha value is -1.63. The van der Waals surface area contributed by atoms with Gasteiger partial charge >= 0.3 is 5.97 Å². The van der Waals surface area contributed by atoms with E-state index < -0.39 is 0 Å². The third kappa shape index (κ3) is 3.58. The molecule has 0 aliphatic carbocycles. The number of benzene rings is 1. The minimum absolute atomic E-state index is 0. The second kappa shape index (κ2) is 7.09. The highest BCUT2D eigenvalue weighted by Crippen LogP contribution is 2.24. The van der Waals surface area contributed by atoms with Gasteiger partial charge in [0.1, 0.15) is 0 Å². The van der Waals surface area contributed by atoms with Crippen LogP contribution in [0.4, 0.5) is 5.13 Å². The van der Waals surface area contributed by atoms with Crippen LogP contribution >= 0.6 is 23.7 Å². The molecule has 0 unspecified atom stereocenters. The van der Waals surface area contributed by atoms with Crippen molar-refractivity contribution in [2.75, 3.05) is 19.4 Å². The third-order valence-electron chi connectivity index (χ3n) is 3.67. The van der Waals surface area contributed by atoms with Gasteiger partial charge in [-0.15, -0.1) is 23.7 Å². The largest absolute Gasteiger partial charge is 0.465 e. The summed E-state index contributed by atoms with van der Waals surface area (Å²) < 4.78 is 4.78. The molecule has 0 saturated carbocycles. The topological polar surface area (TPSA) is 68.5 Å². The number of hydrogen-bond donors (Lipinski definition) is 1. The third-order valence-corrected chi connectivity index (χ3v) is 4.48. The van der Waals surface area contributed by atoms with E-state index in [-0.39, 0.29) is 18.4 Å². The van der Waals surface area contributed by atoms with E-state index >= 15 is 0 Å². The number of anilines is 1. The number of carbonyl (C=O) groups is 1. The molecule has 2 N–H and O–H groups in total. The van der Waals surface area contributed by atoms with Crippen molar-refractivity contribution < 1.29 is 9.53 Å². The molecule has 3 rings (SSSR count). The molecule has 0 spiro atoms. The first-order valence-electron chi connectivity index (χ1n) is 6.78. The van der Waals surface area contributed by atoms with Gasteiger partial charge in [0.25, 0.3) is 0 Å². The van der Waals surface area contributed by atoms with Crippen LogP contribution in [0.15, 0.2) is 24.4 Å². The molecule has 1 aromatic carbocycles. The van der Waals surface area contributed by atoms with Crippen molar-refractivity contribution in [3.63, 3.8) is 0 Å². The van der Waals surface area contributed by atoms with E-state index in [1.807, 2.05) is 24.4 Å². The van der Waals surface area contributed by atoms with Crippen molar-refractivity contribution >= 4 is 34.8 Å². The van der Waals surface area contributed by atoms with Crippen LogP contribution in [0.3, 0.4) is 0 Å². The maximum atomic E-state index is 11.6. The molecule has 1 aliphatic rings. The fraction of sp³-hybridized carbons (Fsp3) is 0.333. The van der Waals surface area contributed by atoms with Crippen LogP contribution in [-0.4, -0.2) is 29.5 Å². The number of nitrogens with two attached hydrogens (primary N) is 1. The van der Waals surface area contributed by atoms with Gasteiger partial charge in [-0.25, -0.2) is 9.78 Å². The average Bonchev–Trinajstić information content (AvgIpc) is 2.90. The molecule has 0 bridgehead atoms. The van der Waals surface area contributed by atoms with Crippen molar-refractivity contribution in [3.05, 3.63) is 46.0 Å².